The van der Waals surface area contributed by atoms with Crippen molar-refractivity contribution in [2.75, 3.05) is 13.1 Å². The van der Waals surface area contributed by atoms with E-state index in [1.807, 2.05) is 23.2 Å². The number of nitrogens with zero attached hydrogens (tertiary/aromatic N) is 2. The highest BCUT2D eigenvalue weighted by Gasteiger charge is 2.26. The van der Waals surface area contributed by atoms with E-state index in [9.17, 15) is 4.79 Å². The maximum Gasteiger partial charge on any atom is 0.224 e. The van der Waals surface area contributed by atoms with Crippen molar-refractivity contribution in [3.05, 3.63) is 42.1 Å². The number of hydrogen-bond acceptors (Lipinski definition) is 3. The lowest BCUT2D eigenvalue weighted by Crippen LogP contribution is -2.30. The average molecular weight is 255 g/mol. The van der Waals surface area contributed by atoms with Crippen LogP contribution in [0.15, 0.2) is 36.5 Å². The van der Waals surface area contributed by atoms with Crippen LogP contribution >= 0.6 is 0 Å². The van der Waals surface area contributed by atoms with Gasteiger partial charge < -0.3 is 10.6 Å². The Labute approximate surface area is 112 Å². The van der Waals surface area contributed by atoms with E-state index in [4.69, 9.17) is 5.73 Å². The summed E-state index contributed by atoms with van der Waals surface area (Å²) < 4.78 is 0. The Morgan fingerprint density at radius 1 is 1.32 bits per heavy atom. The molecule has 4 nitrogen and oxygen atoms in total. The summed E-state index contributed by atoms with van der Waals surface area (Å²) in [6.07, 6.45) is 3.11. The number of hydrogen-bond donors (Lipinski definition) is 1. The van der Waals surface area contributed by atoms with Crippen molar-refractivity contribution in [1.82, 2.24) is 9.88 Å². The number of carbonyl (C=O) groups excluding carboxylic acids is 1. The second-order valence-corrected chi connectivity index (χ2v) is 5.05. The number of nitrogens with two attached hydrogens (primary N) is 1. The van der Waals surface area contributed by atoms with Gasteiger partial charge in [-0.05, 0) is 18.1 Å². The number of para-hydroxylation sites is 1. The van der Waals surface area contributed by atoms with E-state index in [1.165, 1.54) is 5.56 Å². The van der Waals surface area contributed by atoms with Crippen LogP contribution in [0.25, 0.3) is 10.9 Å². The molecule has 2 N–H and O–H groups in total. The van der Waals surface area contributed by atoms with Gasteiger partial charge in [0.15, 0.2) is 0 Å². The van der Waals surface area contributed by atoms with Crippen LogP contribution in [0.5, 0.6) is 0 Å². The smallest absolute Gasteiger partial charge is 0.224 e. The minimum absolute atomic E-state index is 0.00172. The molecule has 0 saturated carbocycles. The summed E-state index contributed by atoms with van der Waals surface area (Å²) in [4.78, 5) is 18.0. The molecule has 1 atom stereocenters. The third-order valence-corrected chi connectivity index (χ3v) is 3.61. The second kappa shape index (κ2) is 4.97. The molecule has 3 rings (SSSR count). The van der Waals surface area contributed by atoms with Crippen LogP contribution in [0, 0.1) is 0 Å². The van der Waals surface area contributed by atoms with Gasteiger partial charge in [0, 0.05) is 37.1 Å². The molecule has 2 aromatic rings. The summed E-state index contributed by atoms with van der Waals surface area (Å²) >= 11 is 0. The van der Waals surface area contributed by atoms with E-state index in [1.54, 1.807) is 0 Å². The molecule has 1 amide bonds. The van der Waals surface area contributed by atoms with Crippen LogP contribution in [0.4, 0.5) is 0 Å². The fraction of sp³-hybridized carbons (Fsp3) is 0.333. The van der Waals surface area contributed by atoms with Gasteiger partial charge in [0.1, 0.15) is 0 Å². The van der Waals surface area contributed by atoms with Crippen LogP contribution in [-0.2, 0) is 11.2 Å². The van der Waals surface area contributed by atoms with Crippen LogP contribution in [0.1, 0.15) is 12.0 Å². The first-order valence-corrected chi connectivity index (χ1v) is 6.60. The molecule has 1 fully saturated rings. The lowest BCUT2D eigenvalue weighted by molar-refractivity contribution is -0.127. The molecule has 1 aromatic carbocycles. The Balaban J connectivity index is 1.77. The Hall–Kier alpha value is -1.94. The van der Waals surface area contributed by atoms with E-state index in [0.717, 1.165) is 23.9 Å². The van der Waals surface area contributed by atoms with Gasteiger partial charge in [-0.3, -0.25) is 9.78 Å². The number of likely N-dealkylation sites (tertiary alicyclic amines) is 1. The molecular weight excluding hydrogens is 238 g/mol. The average Bonchev–Trinajstić information content (AvgIpc) is 2.74. The molecule has 19 heavy (non-hydrogen) atoms. The zero-order valence-electron chi connectivity index (χ0n) is 10.7. The summed E-state index contributed by atoms with van der Waals surface area (Å²) in [6, 6.07) is 10.2. The minimum atomic E-state index is -0.00172. The van der Waals surface area contributed by atoms with Crippen molar-refractivity contribution in [3.8, 4) is 0 Å². The lowest BCUT2D eigenvalue weighted by Gasteiger charge is -2.16. The summed E-state index contributed by atoms with van der Waals surface area (Å²) in [6.45, 7) is 1.40. The van der Waals surface area contributed by atoms with Crippen molar-refractivity contribution in [3.63, 3.8) is 0 Å². The molecule has 0 radical (unpaired) electrons. The number of aromatic nitrogens is 1. The molecule has 1 aromatic heterocycles. The van der Waals surface area contributed by atoms with Crippen LogP contribution in [0.3, 0.4) is 0 Å². The molecule has 98 valence electrons. The SMILES string of the molecule is NC1CC(=O)N(CCc2cccc3cccnc23)C1. The summed E-state index contributed by atoms with van der Waals surface area (Å²) in [5.74, 6) is 0.167. The zero-order valence-corrected chi connectivity index (χ0v) is 10.7. The molecule has 0 aliphatic carbocycles. The first kappa shape index (κ1) is 12.1. The molecule has 1 saturated heterocycles. The predicted molar refractivity (Wildman–Crippen MR) is 74.6 cm³/mol. The van der Waals surface area contributed by atoms with Crippen molar-refractivity contribution in [1.29, 1.82) is 0 Å². The number of pyridine rings is 1. The van der Waals surface area contributed by atoms with Gasteiger partial charge in [-0.15, -0.1) is 0 Å². The van der Waals surface area contributed by atoms with E-state index in [0.29, 0.717) is 13.0 Å². The van der Waals surface area contributed by atoms with Crippen molar-refractivity contribution < 1.29 is 4.79 Å². The maximum absolute atomic E-state index is 11.7. The number of benzene rings is 1. The molecule has 0 bridgehead atoms. The number of fused-ring (bicyclic) bond motifs is 1. The number of amides is 1. The van der Waals surface area contributed by atoms with Crippen LogP contribution in [0.2, 0.25) is 0 Å². The van der Waals surface area contributed by atoms with Gasteiger partial charge >= 0.3 is 0 Å². The second-order valence-electron chi connectivity index (χ2n) is 5.05. The largest absolute Gasteiger partial charge is 0.341 e. The van der Waals surface area contributed by atoms with Crippen molar-refractivity contribution >= 4 is 16.8 Å². The highest BCUT2D eigenvalue weighted by Crippen LogP contribution is 2.17. The van der Waals surface area contributed by atoms with Crippen LogP contribution in [-0.4, -0.2) is 34.9 Å². The fourth-order valence-electron chi connectivity index (χ4n) is 2.64. The molecule has 4 heteroatoms. The van der Waals surface area contributed by atoms with E-state index < -0.39 is 0 Å². The maximum atomic E-state index is 11.7. The number of carbonyl (C=O) groups is 1. The van der Waals surface area contributed by atoms with E-state index in [2.05, 4.69) is 23.2 Å². The van der Waals surface area contributed by atoms with Gasteiger partial charge in [-0.2, -0.15) is 0 Å². The quantitative estimate of drug-likeness (QED) is 0.900. The van der Waals surface area contributed by atoms with Gasteiger partial charge in [-0.25, -0.2) is 0 Å². The Morgan fingerprint density at radius 3 is 2.95 bits per heavy atom. The highest BCUT2D eigenvalue weighted by molar-refractivity contribution is 5.82. The van der Waals surface area contributed by atoms with Gasteiger partial charge in [0.25, 0.3) is 0 Å². The first-order chi connectivity index (χ1) is 9.24. The Bertz CT molecular complexity index is 606. The van der Waals surface area contributed by atoms with Gasteiger partial charge in [0.05, 0.1) is 5.52 Å². The molecular formula is C15H17N3O. The molecule has 1 aliphatic heterocycles. The normalized spacial score (nSPS) is 19.3. The summed E-state index contributed by atoms with van der Waals surface area (Å²) in [5.41, 5.74) is 8.02. The summed E-state index contributed by atoms with van der Waals surface area (Å²) in [5, 5.41) is 1.14. The Morgan fingerprint density at radius 2 is 2.16 bits per heavy atom. The standard InChI is InChI=1S/C15H17N3O/c16-13-9-14(19)18(10-13)8-6-12-4-1-3-11-5-2-7-17-15(11)12/h1-5,7,13H,6,8-10,16H2. The number of rotatable bonds is 3. The topological polar surface area (TPSA) is 59.2 Å². The lowest BCUT2D eigenvalue weighted by atomic mass is 10.1. The zero-order chi connectivity index (χ0) is 13.2. The third kappa shape index (κ3) is 2.44. The summed E-state index contributed by atoms with van der Waals surface area (Å²) in [7, 11) is 0. The van der Waals surface area contributed by atoms with Crippen LogP contribution < -0.4 is 5.73 Å². The highest BCUT2D eigenvalue weighted by atomic mass is 16.2. The van der Waals surface area contributed by atoms with Gasteiger partial charge in [-0.1, -0.05) is 24.3 Å². The predicted octanol–water partition coefficient (Wildman–Crippen LogP) is 1.34. The fourth-order valence-corrected chi connectivity index (χ4v) is 2.64. The monoisotopic (exact) mass is 255 g/mol. The van der Waals surface area contributed by atoms with Crippen molar-refractivity contribution in [2.24, 2.45) is 5.73 Å². The van der Waals surface area contributed by atoms with Crippen molar-refractivity contribution in [2.45, 2.75) is 18.9 Å². The van der Waals surface area contributed by atoms with Gasteiger partial charge in [0.2, 0.25) is 5.91 Å². The first-order valence-electron chi connectivity index (χ1n) is 6.60. The Kier molecular flexibility index (Phi) is 3.17. The molecule has 1 aliphatic rings. The molecule has 1 unspecified atom stereocenters. The third-order valence-electron chi connectivity index (χ3n) is 3.61. The minimum Gasteiger partial charge on any atom is -0.341 e. The molecule has 2 heterocycles. The van der Waals surface area contributed by atoms with E-state index >= 15 is 0 Å². The molecule has 0 spiro atoms. The van der Waals surface area contributed by atoms with E-state index in [-0.39, 0.29) is 11.9 Å².